The lowest BCUT2D eigenvalue weighted by Gasteiger charge is -2.13. The van der Waals surface area contributed by atoms with Crippen LogP contribution in [0.15, 0.2) is 57.5 Å². The summed E-state index contributed by atoms with van der Waals surface area (Å²) in [4.78, 5) is 33.1. The number of nitrogens with zero attached hydrogens (tertiary/aromatic N) is 3. The van der Waals surface area contributed by atoms with Crippen LogP contribution in [-0.4, -0.2) is 39.6 Å². The van der Waals surface area contributed by atoms with Crippen LogP contribution in [0.4, 0.5) is 0 Å². The van der Waals surface area contributed by atoms with Crippen LogP contribution in [0, 0.1) is 0 Å². The number of aromatic hydroxyl groups is 1. The Morgan fingerprint density at radius 3 is 2.84 bits per heavy atom. The van der Waals surface area contributed by atoms with Crippen LogP contribution in [-0.2, 0) is 17.6 Å². The topological polar surface area (TPSA) is 106 Å². The molecule has 11 heteroatoms. The number of carbonyl (C=O) groups is 1. The van der Waals surface area contributed by atoms with Crippen molar-refractivity contribution in [1.82, 2.24) is 15.0 Å². The number of thiophene rings is 1. The second-order valence-corrected chi connectivity index (χ2v) is 10.9. The highest BCUT2D eigenvalue weighted by Gasteiger charge is 2.23. The van der Waals surface area contributed by atoms with Gasteiger partial charge in [-0.25, -0.2) is 10.4 Å². The third-order valence-electron chi connectivity index (χ3n) is 5.98. The number of nitrogens with one attached hydrogen (secondary N) is 1. The smallest absolute Gasteiger partial charge is 0.267 e. The molecule has 0 saturated carbocycles. The van der Waals surface area contributed by atoms with Gasteiger partial charge in [-0.3, -0.25) is 14.2 Å². The first kappa shape index (κ1) is 25.3. The number of aryl methyl sites for hydroxylation is 2. The summed E-state index contributed by atoms with van der Waals surface area (Å²) in [7, 11) is 1.45. The number of carbonyl (C=O) groups excluding carboxylic acids is 1. The van der Waals surface area contributed by atoms with Gasteiger partial charge < -0.3 is 9.84 Å². The van der Waals surface area contributed by atoms with E-state index in [1.54, 1.807) is 52.3 Å². The van der Waals surface area contributed by atoms with E-state index in [9.17, 15) is 14.7 Å². The molecule has 0 radical (unpaired) electrons. The third-order valence-corrected chi connectivity index (χ3v) is 8.36. The lowest BCUT2D eigenvalue weighted by molar-refractivity contribution is -0.118. The number of thioether (sulfide) groups is 1. The van der Waals surface area contributed by atoms with E-state index in [0.717, 1.165) is 31.2 Å². The first-order valence-electron chi connectivity index (χ1n) is 11.6. The largest absolute Gasteiger partial charge is 0.504 e. The summed E-state index contributed by atoms with van der Waals surface area (Å²) in [6.45, 7) is 0. The number of fused-ring (bicyclic) bond motifs is 3. The molecule has 190 valence electrons. The Morgan fingerprint density at radius 1 is 1.27 bits per heavy atom. The molecule has 1 aliphatic carbocycles. The summed E-state index contributed by atoms with van der Waals surface area (Å²) < 4.78 is 6.64. The Balaban J connectivity index is 1.40. The van der Waals surface area contributed by atoms with E-state index < -0.39 is 0 Å². The Kier molecular flexibility index (Phi) is 7.50. The fourth-order valence-corrected chi connectivity index (χ4v) is 6.45. The van der Waals surface area contributed by atoms with E-state index in [1.807, 2.05) is 0 Å². The molecule has 2 aromatic carbocycles. The average molecular weight is 555 g/mol. The molecule has 1 amide bonds. The molecule has 0 bridgehead atoms. The minimum Gasteiger partial charge on any atom is -0.504 e. The highest BCUT2D eigenvalue weighted by Crippen LogP contribution is 2.35. The Hall–Kier alpha value is -3.34. The summed E-state index contributed by atoms with van der Waals surface area (Å²) >= 11 is 8.82. The van der Waals surface area contributed by atoms with Gasteiger partial charge in [0.05, 0.1) is 30.2 Å². The molecule has 37 heavy (non-hydrogen) atoms. The molecule has 2 N–H and O–H groups in total. The highest BCUT2D eigenvalue weighted by atomic mass is 35.5. The fraction of sp³-hybridized carbons (Fsp3) is 0.231. The van der Waals surface area contributed by atoms with Gasteiger partial charge in [-0.05, 0) is 79.3 Å². The van der Waals surface area contributed by atoms with E-state index >= 15 is 0 Å². The summed E-state index contributed by atoms with van der Waals surface area (Å²) in [5, 5.41) is 15.4. The third kappa shape index (κ3) is 5.36. The van der Waals surface area contributed by atoms with Gasteiger partial charge in [0.15, 0.2) is 16.7 Å². The lowest BCUT2D eigenvalue weighted by atomic mass is 9.97. The maximum Gasteiger partial charge on any atom is 0.267 e. The van der Waals surface area contributed by atoms with E-state index in [-0.39, 0.29) is 23.0 Å². The van der Waals surface area contributed by atoms with Crippen LogP contribution in [0.2, 0.25) is 5.02 Å². The van der Waals surface area contributed by atoms with Crippen LogP contribution in [0.25, 0.3) is 15.9 Å². The van der Waals surface area contributed by atoms with Gasteiger partial charge in [0, 0.05) is 9.90 Å². The minimum atomic E-state index is -0.352. The number of phenolic OH excluding ortho intramolecular Hbond substituents is 1. The normalized spacial score (nSPS) is 13.1. The zero-order chi connectivity index (χ0) is 25.9. The monoisotopic (exact) mass is 554 g/mol. The average Bonchev–Trinajstić information content (AvgIpc) is 3.28. The molecule has 8 nitrogen and oxygen atoms in total. The lowest BCUT2D eigenvalue weighted by Crippen LogP contribution is -2.24. The maximum absolute atomic E-state index is 13.7. The van der Waals surface area contributed by atoms with Crippen molar-refractivity contribution in [2.24, 2.45) is 5.10 Å². The van der Waals surface area contributed by atoms with Crippen molar-refractivity contribution in [3.8, 4) is 17.2 Å². The first-order chi connectivity index (χ1) is 17.9. The molecule has 4 aromatic rings. The number of hydrogen-bond acceptors (Lipinski definition) is 8. The molecule has 0 fully saturated rings. The number of phenols is 1. The molecule has 0 aliphatic heterocycles. The van der Waals surface area contributed by atoms with E-state index in [4.69, 9.17) is 21.3 Å². The van der Waals surface area contributed by atoms with Crippen LogP contribution in [0.1, 0.15) is 28.8 Å². The number of methoxy groups -OCH3 is 1. The predicted molar refractivity (Wildman–Crippen MR) is 148 cm³/mol. The van der Waals surface area contributed by atoms with Crippen LogP contribution in [0.5, 0.6) is 11.5 Å². The predicted octanol–water partition coefficient (Wildman–Crippen LogP) is 4.94. The number of ether oxygens (including phenoxy) is 1. The van der Waals surface area contributed by atoms with Crippen molar-refractivity contribution >= 4 is 57.0 Å². The second-order valence-electron chi connectivity index (χ2n) is 8.42. The number of benzene rings is 2. The quantitative estimate of drug-likeness (QED) is 0.145. The van der Waals surface area contributed by atoms with Crippen molar-refractivity contribution < 1.29 is 14.6 Å². The Morgan fingerprint density at radius 2 is 2.05 bits per heavy atom. The van der Waals surface area contributed by atoms with Gasteiger partial charge in [0.1, 0.15) is 4.83 Å². The number of amides is 1. The first-order valence-corrected chi connectivity index (χ1v) is 13.8. The van der Waals surface area contributed by atoms with Crippen molar-refractivity contribution in [3.05, 3.63) is 73.8 Å². The molecular formula is C26H23ClN4O4S2. The standard InChI is InChI=1S/C26H23ClN4O4S2/c1-35-20-12-15(6-11-19(20)32)13-28-30-22(33)14-36-26-29-24-23(18-4-2-3-5-21(18)37-24)25(34)31(26)17-9-7-16(27)8-10-17/h6-13,32H,2-5,14H2,1H3,(H,30,33)/b28-13+. The van der Waals surface area contributed by atoms with Crippen molar-refractivity contribution in [1.29, 1.82) is 0 Å². The van der Waals surface area contributed by atoms with Crippen LogP contribution in [0.3, 0.4) is 0 Å². The molecule has 0 atom stereocenters. The molecule has 2 heterocycles. The van der Waals surface area contributed by atoms with Gasteiger partial charge in [-0.1, -0.05) is 23.4 Å². The van der Waals surface area contributed by atoms with Gasteiger partial charge in [-0.15, -0.1) is 11.3 Å². The Bertz CT molecular complexity index is 1560. The van der Waals surface area contributed by atoms with Crippen LogP contribution < -0.4 is 15.7 Å². The van der Waals surface area contributed by atoms with Crippen LogP contribution >= 0.6 is 34.7 Å². The zero-order valence-corrected chi connectivity index (χ0v) is 22.3. The number of hydrazone groups is 1. The SMILES string of the molecule is COc1cc(/C=N/NC(=O)CSc2nc3sc4c(c3c(=O)n2-c2ccc(Cl)cc2)CCCC4)ccc1O. The summed E-state index contributed by atoms with van der Waals surface area (Å²) in [6, 6.07) is 11.7. The molecule has 5 rings (SSSR count). The number of aromatic nitrogens is 2. The zero-order valence-electron chi connectivity index (χ0n) is 19.9. The highest BCUT2D eigenvalue weighted by molar-refractivity contribution is 7.99. The van der Waals surface area contributed by atoms with Gasteiger partial charge >= 0.3 is 0 Å². The van der Waals surface area contributed by atoms with E-state index in [0.29, 0.717) is 37.4 Å². The van der Waals surface area contributed by atoms with Gasteiger partial charge in [0.2, 0.25) is 0 Å². The van der Waals surface area contributed by atoms with Crippen molar-refractivity contribution in [2.75, 3.05) is 12.9 Å². The fourth-order valence-electron chi connectivity index (χ4n) is 4.22. The number of rotatable bonds is 7. The summed E-state index contributed by atoms with van der Waals surface area (Å²) in [5.74, 6) is -0.0209. The van der Waals surface area contributed by atoms with Crippen molar-refractivity contribution in [2.45, 2.75) is 30.8 Å². The molecule has 0 saturated heterocycles. The molecule has 0 unspecified atom stereocenters. The minimum absolute atomic E-state index is 0.00681. The summed E-state index contributed by atoms with van der Waals surface area (Å²) in [6.07, 6.45) is 5.48. The molecule has 1 aliphatic rings. The second kappa shape index (κ2) is 11.0. The molecular weight excluding hydrogens is 532 g/mol. The molecule has 0 spiro atoms. The van der Waals surface area contributed by atoms with Gasteiger partial charge in [-0.2, -0.15) is 5.10 Å². The Labute approximate surface area is 226 Å². The van der Waals surface area contributed by atoms with E-state index in [1.165, 1.54) is 36.0 Å². The molecule has 2 aromatic heterocycles. The van der Waals surface area contributed by atoms with Gasteiger partial charge in [0.25, 0.3) is 11.5 Å². The van der Waals surface area contributed by atoms with E-state index in [2.05, 4.69) is 10.5 Å². The number of halogens is 1. The number of hydrogen-bond donors (Lipinski definition) is 2. The van der Waals surface area contributed by atoms with Crippen molar-refractivity contribution in [3.63, 3.8) is 0 Å². The maximum atomic E-state index is 13.7. The summed E-state index contributed by atoms with van der Waals surface area (Å²) in [5.41, 5.74) is 4.76.